The van der Waals surface area contributed by atoms with Crippen molar-refractivity contribution in [3.8, 4) is 0 Å². The number of carboxylic acids is 1. The van der Waals surface area contributed by atoms with Gasteiger partial charge in [-0.05, 0) is 24.6 Å². The van der Waals surface area contributed by atoms with E-state index in [0.717, 1.165) is 10.3 Å². The number of aromatic carboxylic acids is 1. The lowest BCUT2D eigenvalue weighted by Crippen LogP contribution is -2.01. The molecule has 0 aromatic carbocycles. The summed E-state index contributed by atoms with van der Waals surface area (Å²) < 4.78 is 0. The molecule has 2 heterocycles. The molecule has 2 rings (SSSR count). The number of nitrogens with zero attached hydrogens (tertiary/aromatic N) is 1. The number of pyridine rings is 1. The molecule has 0 saturated carbocycles. The minimum Gasteiger partial charge on any atom is -0.477 e. The monoisotopic (exact) mass is 223 g/mol. The molecule has 2 aromatic heterocycles. The number of aliphatic hydroxyl groups excluding tert-OH is 1. The fourth-order valence-electron chi connectivity index (χ4n) is 1.44. The van der Waals surface area contributed by atoms with Gasteiger partial charge in [-0.3, -0.25) is 0 Å². The number of hydrogen-bond donors (Lipinski definition) is 2. The predicted molar refractivity (Wildman–Crippen MR) is 57.2 cm³/mol. The number of aryl methyl sites for hydroxylation is 1. The first-order valence-corrected chi connectivity index (χ1v) is 5.17. The SMILES string of the molecule is Cc1cc2c(CO)cc(C(=O)O)nc2s1. The fraction of sp³-hybridized carbons (Fsp3) is 0.200. The van der Waals surface area contributed by atoms with Gasteiger partial charge in [-0.25, -0.2) is 9.78 Å². The van der Waals surface area contributed by atoms with Crippen LogP contribution in [-0.4, -0.2) is 21.2 Å². The van der Waals surface area contributed by atoms with Crippen molar-refractivity contribution in [2.75, 3.05) is 0 Å². The second kappa shape index (κ2) is 3.60. The van der Waals surface area contributed by atoms with Crippen molar-refractivity contribution in [1.82, 2.24) is 4.98 Å². The Labute approximate surface area is 89.8 Å². The van der Waals surface area contributed by atoms with E-state index in [1.807, 2.05) is 13.0 Å². The Hall–Kier alpha value is -1.46. The van der Waals surface area contributed by atoms with E-state index in [1.54, 1.807) is 0 Å². The van der Waals surface area contributed by atoms with Gasteiger partial charge >= 0.3 is 5.97 Å². The van der Waals surface area contributed by atoms with Crippen LogP contribution in [0.2, 0.25) is 0 Å². The molecule has 2 N–H and O–H groups in total. The van der Waals surface area contributed by atoms with Gasteiger partial charge in [0.1, 0.15) is 10.5 Å². The molecule has 0 fully saturated rings. The van der Waals surface area contributed by atoms with E-state index >= 15 is 0 Å². The summed E-state index contributed by atoms with van der Waals surface area (Å²) >= 11 is 1.43. The van der Waals surface area contributed by atoms with E-state index in [-0.39, 0.29) is 12.3 Å². The van der Waals surface area contributed by atoms with Crippen LogP contribution in [0.25, 0.3) is 10.2 Å². The molecule has 0 bridgehead atoms. The Kier molecular flexibility index (Phi) is 2.42. The third-order valence-corrected chi connectivity index (χ3v) is 3.05. The molecular formula is C10H9NO3S. The van der Waals surface area contributed by atoms with E-state index in [1.165, 1.54) is 17.4 Å². The van der Waals surface area contributed by atoms with Crippen molar-refractivity contribution < 1.29 is 15.0 Å². The first-order valence-electron chi connectivity index (χ1n) is 4.36. The lowest BCUT2D eigenvalue weighted by Gasteiger charge is -2.00. The average molecular weight is 223 g/mol. The third-order valence-electron chi connectivity index (χ3n) is 2.10. The topological polar surface area (TPSA) is 70.4 Å². The van der Waals surface area contributed by atoms with Crippen molar-refractivity contribution in [2.24, 2.45) is 0 Å². The van der Waals surface area contributed by atoms with Crippen LogP contribution < -0.4 is 0 Å². The molecule has 0 aliphatic rings. The average Bonchev–Trinajstić information content (AvgIpc) is 2.56. The summed E-state index contributed by atoms with van der Waals surface area (Å²) in [5.41, 5.74) is 0.593. The van der Waals surface area contributed by atoms with Gasteiger partial charge < -0.3 is 10.2 Å². The summed E-state index contributed by atoms with van der Waals surface area (Å²) in [6, 6.07) is 3.32. The fourth-order valence-corrected chi connectivity index (χ4v) is 2.37. The number of fused-ring (bicyclic) bond motifs is 1. The van der Waals surface area contributed by atoms with Crippen molar-refractivity contribution >= 4 is 27.5 Å². The molecule has 5 heteroatoms. The number of aliphatic hydroxyl groups is 1. The Morgan fingerprint density at radius 3 is 2.87 bits per heavy atom. The van der Waals surface area contributed by atoms with Gasteiger partial charge in [-0.2, -0.15) is 0 Å². The Balaban J connectivity index is 2.76. The normalized spacial score (nSPS) is 10.8. The summed E-state index contributed by atoms with van der Waals surface area (Å²) in [6.45, 7) is 1.75. The van der Waals surface area contributed by atoms with Gasteiger partial charge in [-0.15, -0.1) is 11.3 Å². The lowest BCUT2D eigenvalue weighted by atomic mass is 10.1. The second-order valence-corrected chi connectivity index (χ2v) is 4.44. The molecule has 78 valence electrons. The summed E-state index contributed by atoms with van der Waals surface area (Å²) in [5, 5.41) is 18.8. The van der Waals surface area contributed by atoms with Gasteiger partial charge in [0.25, 0.3) is 0 Å². The van der Waals surface area contributed by atoms with Crippen LogP contribution in [0.15, 0.2) is 12.1 Å². The van der Waals surface area contributed by atoms with Gasteiger partial charge in [0, 0.05) is 10.3 Å². The maximum absolute atomic E-state index is 10.8. The van der Waals surface area contributed by atoms with Gasteiger partial charge in [0.2, 0.25) is 0 Å². The lowest BCUT2D eigenvalue weighted by molar-refractivity contribution is 0.0691. The molecule has 0 unspecified atom stereocenters. The molecule has 0 atom stereocenters. The first kappa shape index (κ1) is 10.1. The molecule has 0 amide bonds. The highest BCUT2D eigenvalue weighted by atomic mass is 32.1. The minimum absolute atomic E-state index is 0.0200. The number of carbonyl (C=O) groups is 1. The van der Waals surface area contributed by atoms with Crippen molar-refractivity contribution in [3.63, 3.8) is 0 Å². The number of thiophene rings is 1. The summed E-state index contributed by atoms with van der Waals surface area (Å²) in [4.78, 5) is 16.5. The summed E-state index contributed by atoms with van der Waals surface area (Å²) in [7, 11) is 0. The summed E-state index contributed by atoms with van der Waals surface area (Å²) in [6.07, 6.45) is 0. The largest absolute Gasteiger partial charge is 0.477 e. The van der Waals surface area contributed by atoms with E-state index in [0.29, 0.717) is 10.4 Å². The van der Waals surface area contributed by atoms with Crippen LogP contribution in [0, 0.1) is 6.92 Å². The zero-order valence-corrected chi connectivity index (χ0v) is 8.84. The smallest absolute Gasteiger partial charge is 0.354 e. The Morgan fingerprint density at radius 2 is 2.27 bits per heavy atom. The van der Waals surface area contributed by atoms with E-state index in [2.05, 4.69) is 4.98 Å². The quantitative estimate of drug-likeness (QED) is 0.814. The molecule has 0 spiro atoms. The van der Waals surface area contributed by atoms with Crippen LogP contribution in [0.3, 0.4) is 0 Å². The van der Waals surface area contributed by atoms with Crippen LogP contribution in [0.5, 0.6) is 0 Å². The second-order valence-electron chi connectivity index (χ2n) is 3.21. The maximum Gasteiger partial charge on any atom is 0.354 e. The van der Waals surface area contributed by atoms with Crippen LogP contribution in [0.1, 0.15) is 20.9 Å². The minimum atomic E-state index is -1.07. The zero-order chi connectivity index (χ0) is 11.0. The highest BCUT2D eigenvalue weighted by Crippen LogP contribution is 2.27. The molecule has 0 aliphatic carbocycles. The number of aromatic nitrogens is 1. The molecule has 15 heavy (non-hydrogen) atoms. The first-order chi connectivity index (χ1) is 7.11. The van der Waals surface area contributed by atoms with Crippen LogP contribution in [0.4, 0.5) is 0 Å². The number of carboxylic acid groups (broad SMARTS) is 1. The van der Waals surface area contributed by atoms with Crippen molar-refractivity contribution in [3.05, 3.63) is 28.3 Å². The highest BCUT2D eigenvalue weighted by molar-refractivity contribution is 7.18. The Morgan fingerprint density at radius 1 is 1.53 bits per heavy atom. The van der Waals surface area contributed by atoms with Gasteiger partial charge in [-0.1, -0.05) is 0 Å². The standard InChI is InChI=1S/C10H9NO3S/c1-5-2-7-6(4-12)3-8(10(13)14)11-9(7)15-5/h2-3,12H,4H2,1H3,(H,13,14). The number of rotatable bonds is 2. The number of hydrogen-bond acceptors (Lipinski definition) is 4. The molecule has 2 aromatic rings. The zero-order valence-electron chi connectivity index (χ0n) is 8.02. The van der Waals surface area contributed by atoms with E-state index in [9.17, 15) is 4.79 Å². The van der Waals surface area contributed by atoms with Gasteiger partial charge in [0.05, 0.1) is 6.61 Å². The van der Waals surface area contributed by atoms with Crippen molar-refractivity contribution in [2.45, 2.75) is 13.5 Å². The Bertz CT molecular complexity index is 533. The van der Waals surface area contributed by atoms with E-state index < -0.39 is 5.97 Å². The van der Waals surface area contributed by atoms with E-state index in [4.69, 9.17) is 10.2 Å². The van der Waals surface area contributed by atoms with Crippen molar-refractivity contribution in [1.29, 1.82) is 0 Å². The highest BCUT2D eigenvalue weighted by Gasteiger charge is 2.12. The molecule has 4 nitrogen and oxygen atoms in total. The van der Waals surface area contributed by atoms with Crippen LogP contribution in [-0.2, 0) is 6.61 Å². The third kappa shape index (κ3) is 1.71. The maximum atomic E-state index is 10.8. The molecule has 0 radical (unpaired) electrons. The van der Waals surface area contributed by atoms with Crippen LogP contribution >= 0.6 is 11.3 Å². The van der Waals surface area contributed by atoms with Gasteiger partial charge in [0.15, 0.2) is 0 Å². The summed E-state index contributed by atoms with van der Waals surface area (Å²) in [5.74, 6) is -1.07. The molecular weight excluding hydrogens is 214 g/mol. The molecule has 0 saturated heterocycles. The predicted octanol–water partition coefficient (Wildman–Crippen LogP) is 1.80. The molecule has 0 aliphatic heterocycles.